The van der Waals surface area contributed by atoms with Crippen molar-refractivity contribution in [2.24, 2.45) is 0 Å². The molecule has 0 fully saturated rings. The van der Waals surface area contributed by atoms with Gasteiger partial charge in [-0.1, -0.05) is 20.8 Å². The first-order chi connectivity index (χ1) is 6.72. The molecule has 2 aromatic rings. The minimum atomic E-state index is 0.436. The predicted octanol–water partition coefficient (Wildman–Crippen LogP) is 2.77. The normalized spacial score (nSPS) is 11.4. The molecule has 3 nitrogen and oxygen atoms in total. The molecule has 14 heavy (non-hydrogen) atoms. The van der Waals surface area contributed by atoms with Crippen LogP contribution in [0.3, 0.4) is 0 Å². The van der Waals surface area contributed by atoms with Gasteiger partial charge in [0, 0.05) is 6.42 Å². The lowest BCUT2D eigenvalue weighted by atomic mass is 10.1. The Hall–Kier alpha value is -1.03. The van der Waals surface area contributed by atoms with Crippen molar-refractivity contribution in [1.29, 1.82) is 0 Å². The Balaban J connectivity index is 2.70. The van der Waals surface area contributed by atoms with Crippen LogP contribution in [0.2, 0.25) is 0 Å². The van der Waals surface area contributed by atoms with Gasteiger partial charge in [-0.2, -0.15) is 0 Å². The maximum atomic E-state index is 4.55. The summed E-state index contributed by atoms with van der Waals surface area (Å²) in [4.78, 5) is 13.2. The van der Waals surface area contributed by atoms with Crippen molar-refractivity contribution in [3.05, 3.63) is 17.0 Å². The van der Waals surface area contributed by atoms with Gasteiger partial charge in [0.2, 0.25) is 0 Å². The highest BCUT2D eigenvalue weighted by Crippen LogP contribution is 2.25. The Kier molecular flexibility index (Phi) is 2.46. The molecule has 2 aromatic heterocycles. The first-order valence-electron chi connectivity index (χ1n) is 4.82. The lowest BCUT2D eigenvalue weighted by Crippen LogP contribution is -2.00. The maximum absolute atomic E-state index is 4.55. The highest BCUT2D eigenvalue weighted by atomic mass is 32.1. The maximum Gasteiger partial charge on any atom is 0.174 e. The summed E-state index contributed by atoms with van der Waals surface area (Å²) >= 11 is 1.63. The second kappa shape index (κ2) is 3.61. The summed E-state index contributed by atoms with van der Waals surface area (Å²) < 4.78 is 1.14. The van der Waals surface area contributed by atoms with Gasteiger partial charge in [-0.3, -0.25) is 0 Å². The first-order valence-corrected chi connectivity index (χ1v) is 5.70. The van der Waals surface area contributed by atoms with Gasteiger partial charge >= 0.3 is 0 Å². The fraction of sp³-hybridized carbons (Fsp3) is 0.500. The molecule has 0 aliphatic heterocycles. The van der Waals surface area contributed by atoms with Crippen LogP contribution in [0.25, 0.3) is 10.3 Å². The van der Waals surface area contributed by atoms with E-state index in [1.165, 1.54) is 0 Å². The zero-order valence-electron chi connectivity index (χ0n) is 8.61. The molecule has 0 spiro atoms. The third kappa shape index (κ3) is 1.50. The molecule has 74 valence electrons. The lowest BCUT2D eigenvalue weighted by molar-refractivity contribution is 0.804. The van der Waals surface area contributed by atoms with E-state index in [2.05, 4.69) is 35.7 Å². The molecular weight excluding hydrogens is 194 g/mol. The third-order valence-corrected chi connectivity index (χ3v) is 2.97. The number of hydrogen-bond acceptors (Lipinski definition) is 4. The molecule has 0 saturated heterocycles. The van der Waals surface area contributed by atoms with Gasteiger partial charge in [0.15, 0.2) is 5.65 Å². The van der Waals surface area contributed by atoms with Crippen LogP contribution in [0.5, 0.6) is 0 Å². The van der Waals surface area contributed by atoms with Gasteiger partial charge in [0.25, 0.3) is 0 Å². The van der Waals surface area contributed by atoms with E-state index in [0.29, 0.717) is 5.92 Å². The number of thiazole rings is 1. The van der Waals surface area contributed by atoms with E-state index in [1.807, 2.05) is 5.51 Å². The minimum absolute atomic E-state index is 0.436. The van der Waals surface area contributed by atoms with Gasteiger partial charge in [-0.05, 0) is 5.92 Å². The van der Waals surface area contributed by atoms with E-state index in [9.17, 15) is 0 Å². The van der Waals surface area contributed by atoms with E-state index in [4.69, 9.17) is 0 Å². The second-order valence-corrected chi connectivity index (χ2v) is 4.39. The Morgan fingerprint density at radius 1 is 1.36 bits per heavy atom. The smallest absolute Gasteiger partial charge is 0.174 e. The molecule has 2 rings (SSSR count). The summed E-state index contributed by atoms with van der Waals surface area (Å²) in [5.74, 6) is 1.33. The molecule has 0 N–H and O–H groups in total. The highest BCUT2D eigenvalue weighted by Gasteiger charge is 2.11. The number of hydrogen-bond donors (Lipinski definition) is 0. The van der Waals surface area contributed by atoms with Crippen LogP contribution in [0.4, 0.5) is 0 Å². The zero-order valence-corrected chi connectivity index (χ0v) is 9.43. The number of nitrogens with zero attached hydrogens (tertiary/aromatic N) is 3. The second-order valence-electron chi connectivity index (χ2n) is 3.54. The summed E-state index contributed by atoms with van der Waals surface area (Å²) in [6.07, 6.45) is 0.868. The summed E-state index contributed by atoms with van der Waals surface area (Å²) in [5.41, 5.74) is 3.82. The number of rotatable bonds is 2. The van der Waals surface area contributed by atoms with Crippen LogP contribution in [0.1, 0.15) is 38.2 Å². The third-order valence-electron chi connectivity index (χ3n) is 2.13. The average molecular weight is 207 g/mol. The van der Waals surface area contributed by atoms with Gasteiger partial charge < -0.3 is 0 Å². The predicted molar refractivity (Wildman–Crippen MR) is 58.7 cm³/mol. The van der Waals surface area contributed by atoms with Crippen molar-refractivity contribution in [3.8, 4) is 0 Å². The van der Waals surface area contributed by atoms with Crippen LogP contribution in [-0.2, 0) is 6.42 Å². The molecular formula is C10H13N3S. The van der Waals surface area contributed by atoms with Crippen molar-refractivity contribution in [2.75, 3.05) is 0 Å². The van der Waals surface area contributed by atoms with Crippen LogP contribution in [0.15, 0.2) is 5.51 Å². The quantitative estimate of drug-likeness (QED) is 0.760. The van der Waals surface area contributed by atoms with E-state index in [0.717, 1.165) is 28.3 Å². The summed E-state index contributed by atoms with van der Waals surface area (Å²) in [6, 6.07) is 0. The van der Waals surface area contributed by atoms with Crippen molar-refractivity contribution in [1.82, 2.24) is 15.0 Å². The molecule has 0 saturated carbocycles. The molecule has 0 unspecified atom stereocenters. The van der Waals surface area contributed by atoms with E-state index >= 15 is 0 Å². The van der Waals surface area contributed by atoms with Crippen LogP contribution in [0, 0.1) is 0 Å². The molecule has 0 atom stereocenters. The Bertz CT molecular complexity index is 448. The van der Waals surface area contributed by atoms with E-state index < -0.39 is 0 Å². The molecule has 0 amide bonds. The zero-order chi connectivity index (χ0) is 10.1. The van der Waals surface area contributed by atoms with Crippen LogP contribution >= 0.6 is 11.3 Å². The standard InChI is InChI=1S/C10H13N3S/c1-4-7-12-8(6(2)3)9-10(13-7)11-5-14-9/h5-6H,4H2,1-3H3. The fourth-order valence-corrected chi connectivity index (χ4v) is 2.25. The van der Waals surface area contributed by atoms with Gasteiger partial charge in [0.05, 0.1) is 15.9 Å². The number of fused-ring (bicyclic) bond motifs is 1. The van der Waals surface area contributed by atoms with Gasteiger partial charge in [0.1, 0.15) is 5.82 Å². The van der Waals surface area contributed by atoms with Crippen molar-refractivity contribution in [2.45, 2.75) is 33.1 Å². The topological polar surface area (TPSA) is 38.7 Å². The van der Waals surface area contributed by atoms with Gasteiger partial charge in [-0.25, -0.2) is 15.0 Å². The largest absolute Gasteiger partial charge is 0.236 e. The molecule has 0 aliphatic rings. The molecule has 0 aliphatic carbocycles. The SMILES string of the molecule is CCc1nc(C(C)C)c2scnc2n1. The van der Waals surface area contributed by atoms with Crippen LogP contribution < -0.4 is 0 Å². The number of aryl methyl sites for hydroxylation is 1. The summed E-state index contributed by atoms with van der Waals surface area (Å²) in [7, 11) is 0. The Morgan fingerprint density at radius 3 is 2.79 bits per heavy atom. The fourth-order valence-electron chi connectivity index (χ4n) is 1.38. The van der Waals surface area contributed by atoms with Crippen LogP contribution in [-0.4, -0.2) is 15.0 Å². The minimum Gasteiger partial charge on any atom is -0.236 e. The molecule has 0 bridgehead atoms. The highest BCUT2D eigenvalue weighted by molar-refractivity contribution is 7.16. The molecule has 0 radical (unpaired) electrons. The monoisotopic (exact) mass is 207 g/mol. The van der Waals surface area contributed by atoms with Crippen molar-refractivity contribution >= 4 is 21.7 Å². The van der Waals surface area contributed by atoms with Gasteiger partial charge in [-0.15, -0.1) is 11.3 Å². The average Bonchev–Trinajstić information content (AvgIpc) is 2.63. The van der Waals surface area contributed by atoms with Crippen molar-refractivity contribution < 1.29 is 0 Å². The van der Waals surface area contributed by atoms with Crippen molar-refractivity contribution in [3.63, 3.8) is 0 Å². The first kappa shape index (κ1) is 9.52. The van der Waals surface area contributed by atoms with E-state index in [1.54, 1.807) is 11.3 Å². The Labute approximate surface area is 87.2 Å². The molecule has 2 heterocycles. The number of aromatic nitrogens is 3. The molecule has 4 heteroatoms. The molecule has 0 aromatic carbocycles. The lowest BCUT2D eigenvalue weighted by Gasteiger charge is -2.06. The summed E-state index contributed by atoms with van der Waals surface area (Å²) in [5, 5.41) is 0. The van der Waals surface area contributed by atoms with E-state index in [-0.39, 0.29) is 0 Å². The summed E-state index contributed by atoms with van der Waals surface area (Å²) in [6.45, 7) is 6.37. The Morgan fingerprint density at radius 2 is 2.14 bits per heavy atom.